The number of halogens is 1. The number of rotatable bonds is 9. The minimum Gasteiger partial charge on any atom is -0.339 e. The molecule has 0 spiro atoms. The Labute approximate surface area is 182 Å². The van der Waals surface area contributed by atoms with Gasteiger partial charge in [-0.2, -0.15) is 4.72 Å². The third-order valence-corrected chi connectivity index (χ3v) is 6.23. The molecule has 168 valence electrons. The lowest BCUT2D eigenvalue weighted by atomic mass is 10.0. The lowest BCUT2D eigenvalue weighted by Crippen LogP contribution is -2.47. The predicted octanol–water partition coefficient (Wildman–Crippen LogP) is 3.14. The Bertz CT molecular complexity index is 1040. The fourth-order valence-electron chi connectivity index (χ4n) is 3.02. The molecule has 2 amide bonds. The molecular weight excluding hydrogens is 421 g/mol. The third-order valence-electron chi connectivity index (χ3n) is 4.75. The molecule has 7 nitrogen and oxygen atoms in total. The maximum atomic E-state index is 14.0. The molecule has 2 aromatic carbocycles. The van der Waals surface area contributed by atoms with Gasteiger partial charge in [0, 0.05) is 25.7 Å². The molecule has 0 aliphatic carbocycles. The van der Waals surface area contributed by atoms with Gasteiger partial charge in [-0.3, -0.25) is 9.59 Å². The molecule has 0 aliphatic heterocycles. The fourth-order valence-corrected chi connectivity index (χ4v) is 4.44. The van der Waals surface area contributed by atoms with Crippen molar-refractivity contribution in [2.75, 3.05) is 11.9 Å². The van der Waals surface area contributed by atoms with Crippen molar-refractivity contribution in [2.24, 2.45) is 5.92 Å². The van der Waals surface area contributed by atoms with Gasteiger partial charge in [0.05, 0.1) is 0 Å². The molecule has 9 heteroatoms. The number of benzene rings is 2. The second-order valence-corrected chi connectivity index (χ2v) is 9.18. The standard InChI is InChI=1S/C22H28FN3O4S/c1-5-26(16(4)27)14-17-9-8-10-18(13-17)24-22(28)21(15(2)3)25-31(29,30)20-12-7-6-11-19(20)23/h6-13,15,21,25H,5,14H2,1-4H3,(H,24,28)/t21-/m0/s1. The Morgan fingerprint density at radius 2 is 1.77 bits per heavy atom. The summed E-state index contributed by atoms with van der Waals surface area (Å²) in [4.78, 5) is 25.6. The average Bonchev–Trinajstić information content (AvgIpc) is 2.70. The van der Waals surface area contributed by atoms with E-state index in [2.05, 4.69) is 10.0 Å². The molecule has 0 aliphatic rings. The van der Waals surface area contributed by atoms with Gasteiger partial charge in [-0.25, -0.2) is 12.8 Å². The first-order valence-electron chi connectivity index (χ1n) is 9.97. The van der Waals surface area contributed by atoms with Gasteiger partial charge in [0.15, 0.2) is 0 Å². The van der Waals surface area contributed by atoms with Crippen molar-refractivity contribution in [3.05, 3.63) is 59.9 Å². The van der Waals surface area contributed by atoms with Crippen LogP contribution in [0, 0.1) is 11.7 Å². The highest BCUT2D eigenvalue weighted by Gasteiger charge is 2.30. The zero-order valence-electron chi connectivity index (χ0n) is 18.1. The predicted molar refractivity (Wildman–Crippen MR) is 117 cm³/mol. The third kappa shape index (κ3) is 6.60. The highest BCUT2D eigenvalue weighted by Crippen LogP contribution is 2.18. The molecular formula is C22H28FN3O4S. The Morgan fingerprint density at radius 3 is 2.35 bits per heavy atom. The van der Waals surface area contributed by atoms with Gasteiger partial charge >= 0.3 is 0 Å². The lowest BCUT2D eigenvalue weighted by molar-refractivity contribution is -0.129. The summed E-state index contributed by atoms with van der Waals surface area (Å²) in [5, 5.41) is 2.71. The summed E-state index contributed by atoms with van der Waals surface area (Å²) in [6.07, 6.45) is 0. The van der Waals surface area contributed by atoms with E-state index >= 15 is 0 Å². The van der Waals surface area contributed by atoms with Gasteiger partial charge in [0.25, 0.3) is 0 Å². The van der Waals surface area contributed by atoms with Gasteiger partial charge < -0.3 is 10.2 Å². The van der Waals surface area contributed by atoms with Gasteiger partial charge in [-0.05, 0) is 42.7 Å². The van der Waals surface area contributed by atoms with Crippen LogP contribution in [0.1, 0.15) is 33.3 Å². The number of hydrogen-bond donors (Lipinski definition) is 2. The van der Waals surface area contributed by atoms with Crippen molar-refractivity contribution in [3.8, 4) is 0 Å². The molecule has 0 heterocycles. The Balaban J connectivity index is 2.19. The van der Waals surface area contributed by atoms with Crippen LogP contribution in [0.3, 0.4) is 0 Å². The SMILES string of the molecule is CCN(Cc1cccc(NC(=O)[C@@H](NS(=O)(=O)c2ccccc2F)C(C)C)c1)C(C)=O. The van der Waals surface area contributed by atoms with E-state index < -0.39 is 38.6 Å². The maximum Gasteiger partial charge on any atom is 0.244 e. The summed E-state index contributed by atoms with van der Waals surface area (Å²) in [6.45, 7) is 7.70. The average molecular weight is 450 g/mol. The van der Waals surface area contributed by atoms with Crippen LogP contribution in [-0.2, 0) is 26.2 Å². The summed E-state index contributed by atoms with van der Waals surface area (Å²) < 4.78 is 41.5. The minimum atomic E-state index is -4.24. The first-order chi connectivity index (χ1) is 14.5. The Kier molecular flexibility index (Phi) is 8.29. The largest absolute Gasteiger partial charge is 0.339 e. The molecule has 2 N–H and O–H groups in total. The van der Waals surface area contributed by atoms with E-state index in [4.69, 9.17) is 0 Å². The van der Waals surface area contributed by atoms with Crippen LogP contribution in [0.5, 0.6) is 0 Å². The highest BCUT2D eigenvalue weighted by atomic mass is 32.2. The van der Waals surface area contributed by atoms with Gasteiger partial charge in [-0.1, -0.05) is 38.1 Å². The fraction of sp³-hybridized carbons (Fsp3) is 0.364. The van der Waals surface area contributed by atoms with E-state index in [0.717, 1.165) is 17.7 Å². The highest BCUT2D eigenvalue weighted by molar-refractivity contribution is 7.89. The van der Waals surface area contributed by atoms with Crippen molar-refractivity contribution in [1.82, 2.24) is 9.62 Å². The molecule has 31 heavy (non-hydrogen) atoms. The van der Waals surface area contributed by atoms with Crippen molar-refractivity contribution >= 4 is 27.5 Å². The smallest absolute Gasteiger partial charge is 0.244 e. The van der Waals surface area contributed by atoms with E-state index in [-0.39, 0.29) is 5.91 Å². The second kappa shape index (κ2) is 10.5. The topological polar surface area (TPSA) is 95.6 Å². The second-order valence-electron chi connectivity index (χ2n) is 7.50. The molecule has 2 aromatic rings. The van der Waals surface area contributed by atoms with Crippen LogP contribution in [0.4, 0.5) is 10.1 Å². The number of amides is 2. The molecule has 1 atom stereocenters. The van der Waals surface area contributed by atoms with E-state index in [1.807, 2.05) is 13.0 Å². The normalized spacial score (nSPS) is 12.5. The Hall–Kier alpha value is -2.78. The number of carbonyl (C=O) groups is 2. The van der Waals surface area contributed by atoms with Crippen LogP contribution in [0.15, 0.2) is 53.4 Å². The summed E-state index contributed by atoms with van der Waals surface area (Å²) in [7, 11) is -4.24. The number of nitrogens with one attached hydrogen (secondary N) is 2. The minimum absolute atomic E-state index is 0.0561. The van der Waals surface area contributed by atoms with Crippen LogP contribution in [0.2, 0.25) is 0 Å². The monoisotopic (exact) mass is 449 g/mol. The summed E-state index contributed by atoms with van der Waals surface area (Å²) in [6, 6.07) is 10.9. The number of sulfonamides is 1. The van der Waals surface area contributed by atoms with Crippen LogP contribution >= 0.6 is 0 Å². The first-order valence-corrected chi connectivity index (χ1v) is 11.5. The number of nitrogens with zero attached hydrogens (tertiary/aromatic N) is 1. The number of hydrogen-bond acceptors (Lipinski definition) is 4. The quantitative estimate of drug-likeness (QED) is 0.615. The van der Waals surface area contributed by atoms with Crippen LogP contribution < -0.4 is 10.0 Å². The van der Waals surface area contributed by atoms with Crippen molar-refractivity contribution in [1.29, 1.82) is 0 Å². The summed E-state index contributed by atoms with van der Waals surface area (Å²) in [5.74, 6) is -1.90. The molecule has 0 saturated carbocycles. The van der Waals surface area contributed by atoms with E-state index in [1.165, 1.54) is 19.1 Å². The Morgan fingerprint density at radius 1 is 1.10 bits per heavy atom. The molecule has 0 fully saturated rings. The molecule has 2 rings (SSSR count). The first kappa shape index (κ1) is 24.5. The molecule has 0 aromatic heterocycles. The van der Waals surface area contributed by atoms with E-state index in [0.29, 0.717) is 18.8 Å². The zero-order valence-corrected chi connectivity index (χ0v) is 18.9. The molecule has 0 bridgehead atoms. The van der Waals surface area contributed by atoms with Crippen LogP contribution in [0.25, 0.3) is 0 Å². The van der Waals surface area contributed by atoms with Crippen molar-refractivity contribution in [3.63, 3.8) is 0 Å². The maximum absolute atomic E-state index is 14.0. The zero-order chi connectivity index (χ0) is 23.2. The van der Waals surface area contributed by atoms with Gasteiger partial charge in [0.2, 0.25) is 21.8 Å². The summed E-state index contributed by atoms with van der Waals surface area (Å²) >= 11 is 0. The van der Waals surface area contributed by atoms with Crippen molar-refractivity contribution in [2.45, 2.75) is 45.2 Å². The number of carbonyl (C=O) groups excluding carboxylic acids is 2. The van der Waals surface area contributed by atoms with Gasteiger partial charge in [0.1, 0.15) is 16.8 Å². The van der Waals surface area contributed by atoms with E-state index in [1.54, 1.807) is 36.9 Å². The molecule has 0 unspecified atom stereocenters. The number of anilines is 1. The molecule has 0 radical (unpaired) electrons. The molecule has 0 saturated heterocycles. The lowest BCUT2D eigenvalue weighted by Gasteiger charge is -2.22. The van der Waals surface area contributed by atoms with Crippen molar-refractivity contribution < 1.29 is 22.4 Å². The van der Waals surface area contributed by atoms with Crippen LogP contribution in [-0.4, -0.2) is 37.7 Å². The summed E-state index contributed by atoms with van der Waals surface area (Å²) in [5.41, 5.74) is 1.29. The van der Waals surface area contributed by atoms with Gasteiger partial charge in [-0.15, -0.1) is 0 Å². The van der Waals surface area contributed by atoms with E-state index in [9.17, 15) is 22.4 Å².